The maximum absolute atomic E-state index is 14.8. The lowest BCUT2D eigenvalue weighted by Crippen LogP contribution is -2.26. The van der Waals surface area contributed by atoms with Crippen molar-refractivity contribution in [1.29, 1.82) is 0 Å². The summed E-state index contributed by atoms with van der Waals surface area (Å²) >= 11 is 6.27. The van der Waals surface area contributed by atoms with Gasteiger partial charge in [-0.05, 0) is 25.8 Å². The summed E-state index contributed by atoms with van der Waals surface area (Å²) in [7, 11) is 0. The van der Waals surface area contributed by atoms with E-state index < -0.39 is 5.82 Å². The summed E-state index contributed by atoms with van der Waals surface area (Å²) in [6, 6.07) is 1.88. The van der Waals surface area contributed by atoms with E-state index in [1.165, 1.54) is 6.20 Å². The third kappa shape index (κ3) is 2.08. The van der Waals surface area contributed by atoms with Crippen LogP contribution in [0.4, 0.5) is 15.9 Å². The van der Waals surface area contributed by atoms with Gasteiger partial charge in [0.05, 0.1) is 29.0 Å². The van der Waals surface area contributed by atoms with Gasteiger partial charge in [-0.1, -0.05) is 11.6 Å². The first kappa shape index (κ1) is 15.4. The summed E-state index contributed by atoms with van der Waals surface area (Å²) in [4.78, 5) is 14.8. The fourth-order valence-corrected chi connectivity index (χ4v) is 3.81. The van der Waals surface area contributed by atoms with Crippen LogP contribution in [-0.4, -0.2) is 36.1 Å². The van der Waals surface area contributed by atoms with Gasteiger partial charge in [-0.2, -0.15) is 4.98 Å². The molecule has 0 saturated heterocycles. The zero-order valence-corrected chi connectivity index (χ0v) is 14.6. The van der Waals surface area contributed by atoms with Crippen LogP contribution in [0.15, 0.2) is 24.7 Å². The maximum atomic E-state index is 14.8. The number of aromatic nitrogens is 6. The zero-order valence-electron chi connectivity index (χ0n) is 13.8. The second-order valence-electron chi connectivity index (χ2n) is 6.19. The number of aryl methyl sites for hydroxylation is 1. The summed E-state index contributed by atoms with van der Waals surface area (Å²) in [5.74, 6) is 1.09. The zero-order chi connectivity index (χ0) is 17.8. The van der Waals surface area contributed by atoms with Crippen molar-refractivity contribution in [3.05, 3.63) is 47.0 Å². The Bertz CT molecular complexity index is 1170. The summed E-state index contributed by atoms with van der Waals surface area (Å²) < 4.78 is 16.5. The molecule has 0 N–H and O–H groups in total. The Kier molecular flexibility index (Phi) is 3.30. The minimum absolute atomic E-state index is 0.385. The van der Waals surface area contributed by atoms with Crippen LogP contribution in [-0.2, 0) is 6.42 Å². The topological polar surface area (TPSA) is 72.1 Å². The van der Waals surface area contributed by atoms with Crippen molar-refractivity contribution in [3.63, 3.8) is 0 Å². The summed E-state index contributed by atoms with van der Waals surface area (Å²) in [5, 5.41) is 9.04. The van der Waals surface area contributed by atoms with Gasteiger partial charge in [0.2, 0.25) is 0 Å². The fraction of sp³-hybridized carbons (Fsp3) is 0.235. The highest BCUT2D eigenvalue weighted by Gasteiger charge is 2.26. The minimum Gasteiger partial charge on any atom is -0.325 e. The highest BCUT2D eigenvalue weighted by molar-refractivity contribution is 6.30. The predicted octanol–water partition coefficient (Wildman–Crippen LogP) is 3.25. The second kappa shape index (κ2) is 5.57. The molecular weight excluding hydrogens is 357 g/mol. The van der Waals surface area contributed by atoms with Gasteiger partial charge in [0.15, 0.2) is 5.82 Å². The van der Waals surface area contributed by atoms with E-state index in [0.29, 0.717) is 40.0 Å². The molecule has 26 heavy (non-hydrogen) atoms. The van der Waals surface area contributed by atoms with Gasteiger partial charge >= 0.3 is 0 Å². The Morgan fingerprint density at radius 1 is 1.23 bits per heavy atom. The largest absolute Gasteiger partial charge is 0.325 e. The minimum atomic E-state index is -0.438. The average molecular weight is 370 g/mol. The van der Waals surface area contributed by atoms with Crippen LogP contribution >= 0.6 is 11.6 Å². The normalized spacial score (nSPS) is 14.2. The number of rotatable bonds is 1. The van der Waals surface area contributed by atoms with E-state index in [0.717, 1.165) is 24.1 Å². The first-order valence-corrected chi connectivity index (χ1v) is 8.59. The highest BCUT2D eigenvalue weighted by atomic mass is 35.5. The van der Waals surface area contributed by atoms with Crippen molar-refractivity contribution in [2.24, 2.45) is 0 Å². The van der Waals surface area contributed by atoms with E-state index in [2.05, 4.69) is 25.1 Å². The van der Waals surface area contributed by atoms with Crippen LogP contribution in [0.3, 0.4) is 0 Å². The molecule has 1 aliphatic rings. The molecule has 0 aromatic carbocycles. The molecule has 0 atom stereocenters. The molecule has 0 saturated carbocycles. The van der Waals surface area contributed by atoms with Crippen LogP contribution in [0.5, 0.6) is 0 Å². The average Bonchev–Trinajstić information content (AvgIpc) is 3.02. The molecule has 0 bridgehead atoms. The molecule has 9 heteroatoms. The van der Waals surface area contributed by atoms with Gasteiger partial charge in [0.1, 0.15) is 16.8 Å². The summed E-state index contributed by atoms with van der Waals surface area (Å²) in [5.41, 5.74) is 2.42. The van der Waals surface area contributed by atoms with Crippen LogP contribution in [0.2, 0.25) is 5.15 Å². The van der Waals surface area contributed by atoms with Crippen molar-refractivity contribution >= 4 is 39.8 Å². The Hall–Kier alpha value is -2.87. The van der Waals surface area contributed by atoms with Crippen LogP contribution in [0, 0.1) is 12.7 Å². The van der Waals surface area contributed by atoms with E-state index in [9.17, 15) is 4.39 Å². The Balaban J connectivity index is 1.87. The molecule has 5 rings (SSSR count). The molecule has 0 amide bonds. The molecule has 4 aromatic heterocycles. The molecule has 0 aliphatic carbocycles. The van der Waals surface area contributed by atoms with Crippen LogP contribution in [0.25, 0.3) is 16.7 Å². The molecule has 7 nitrogen and oxygen atoms in total. The fourth-order valence-electron chi connectivity index (χ4n) is 3.56. The SMILES string of the molecule is Cc1nnc2nc(N3CCCc4c3ccnc4Cl)c3c(F)cncc3n12. The van der Waals surface area contributed by atoms with Crippen LogP contribution < -0.4 is 4.90 Å². The standard InChI is InChI=1S/C17H13ClFN7/c1-9-23-24-17-22-16(14-11(19)7-20-8-13(14)26(9)17)25-6-2-3-10-12(25)4-5-21-15(10)18/h4-5,7-8H,2-3,6H2,1H3. The third-order valence-electron chi connectivity index (χ3n) is 4.69. The number of hydrogen-bond acceptors (Lipinski definition) is 6. The van der Waals surface area contributed by atoms with Crippen molar-refractivity contribution in [1.82, 2.24) is 29.5 Å². The Labute approximate surface area is 152 Å². The molecule has 0 spiro atoms. The van der Waals surface area contributed by atoms with Crippen molar-refractivity contribution in [2.45, 2.75) is 19.8 Å². The van der Waals surface area contributed by atoms with E-state index in [4.69, 9.17) is 11.6 Å². The number of anilines is 2. The molecule has 5 heterocycles. The number of hydrogen-bond donors (Lipinski definition) is 0. The first-order valence-electron chi connectivity index (χ1n) is 8.21. The molecule has 4 aromatic rings. The number of fused-ring (bicyclic) bond motifs is 4. The van der Waals surface area contributed by atoms with Crippen molar-refractivity contribution < 1.29 is 4.39 Å². The lowest BCUT2D eigenvalue weighted by atomic mass is 10.0. The van der Waals surface area contributed by atoms with Crippen LogP contribution in [0.1, 0.15) is 17.8 Å². The lowest BCUT2D eigenvalue weighted by molar-refractivity contribution is 0.632. The van der Waals surface area contributed by atoms with Gasteiger partial charge in [0.25, 0.3) is 5.78 Å². The molecule has 1 aliphatic heterocycles. The highest BCUT2D eigenvalue weighted by Crippen LogP contribution is 2.38. The Morgan fingerprint density at radius 3 is 3.00 bits per heavy atom. The summed E-state index contributed by atoms with van der Waals surface area (Å²) in [6.45, 7) is 2.49. The van der Waals surface area contributed by atoms with Gasteiger partial charge < -0.3 is 4.90 Å². The first-order chi connectivity index (χ1) is 12.6. The van der Waals surface area contributed by atoms with Gasteiger partial charge in [-0.15, -0.1) is 10.2 Å². The number of nitrogens with zero attached hydrogens (tertiary/aromatic N) is 7. The third-order valence-corrected chi connectivity index (χ3v) is 5.02. The summed E-state index contributed by atoms with van der Waals surface area (Å²) in [6.07, 6.45) is 6.15. The quantitative estimate of drug-likeness (QED) is 0.479. The lowest BCUT2D eigenvalue weighted by Gasteiger charge is -2.31. The second-order valence-corrected chi connectivity index (χ2v) is 6.55. The van der Waals surface area contributed by atoms with Crippen molar-refractivity contribution in [3.8, 4) is 0 Å². The molecule has 130 valence electrons. The van der Waals surface area contributed by atoms with E-state index in [1.54, 1.807) is 23.7 Å². The molecule has 0 fully saturated rings. The van der Waals surface area contributed by atoms with Gasteiger partial charge in [0, 0.05) is 18.3 Å². The van der Waals surface area contributed by atoms with E-state index in [1.807, 2.05) is 11.0 Å². The van der Waals surface area contributed by atoms with Crippen molar-refractivity contribution in [2.75, 3.05) is 11.4 Å². The number of pyridine rings is 2. The molecular formula is C17H13ClFN7. The molecule has 0 unspecified atom stereocenters. The monoisotopic (exact) mass is 369 g/mol. The van der Waals surface area contributed by atoms with E-state index in [-0.39, 0.29) is 0 Å². The van der Waals surface area contributed by atoms with Gasteiger partial charge in [-0.3, -0.25) is 9.38 Å². The molecule has 0 radical (unpaired) electrons. The predicted molar refractivity (Wildman–Crippen MR) is 95.4 cm³/mol. The maximum Gasteiger partial charge on any atom is 0.257 e. The van der Waals surface area contributed by atoms with Gasteiger partial charge in [-0.25, -0.2) is 9.37 Å². The van der Waals surface area contributed by atoms with E-state index >= 15 is 0 Å². The Morgan fingerprint density at radius 2 is 2.12 bits per heavy atom. The number of halogens is 2. The smallest absolute Gasteiger partial charge is 0.257 e.